The van der Waals surface area contributed by atoms with Crippen LogP contribution in [0.15, 0.2) is 36.7 Å². The molecule has 0 amide bonds. The largest absolute Gasteiger partial charge is 0.488 e. The Hall–Kier alpha value is -1.94. The molecule has 24 heavy (non-hydrogen) atoms. The summed E-state index contributed by atoms with van der Waals surface area (Å²) >= 11 is 0. The summed E-state index contributed by atoms with van der Waals surface area (Å²) in [4.78, 5) is 11.4. The number of fused-ring (bicyclic) bond motifs is 1. The van der Waals surface area contributed by atoms with Crippen molar-refractivity contribution in [3.8, 4) is 5.75 Å². The van der Waals surface area contributed by atoms with Crippen molar-refractivity contribution in [3.05, 3.63) is 53.6 Å². The molecule has 126 valence electrons. The van der Waals surface area contributed by atoms with E-state index in [-0.39, 0.29) is 0 Å². The lowest BCUT2D eigenvalue weighted by atomic mass is 9.99. The maximum absolute atomic E-state index is 6.34. The Morgan fingerprint density at radius 1 is 1.08 bits per heavy atom. The molecule has 4 heteroatoms. The van der Waals surface area contributed by atoms with Crippen molar-refractivity contribution >= 4 is 0 Å². The van der Waals surface area contributed by atoms with Gasteiger partial charge in [0.25, 0.3) is 0 Å². The number of likely N-dealkylation sites (tertiary alicyclic amines) is 1. The van der Waals surface area contributed by atoms with Crippen molar-refractivity contribution in [2.24, 2.45) is 11.8 Å². The Kier molecular flexibility index (Phi) is 4.23. The molecule has 2 aliphatic rings. The second-order valence-corrected chi connectivity index (χ2v) is 7.21. The summed E-state index contributed by atoms with van der Waals surface area (Å²) in [6.45, 7) is 7.42. The van der Waals surface area contributed by atoms with Gasteiger partial charge in [-0.3, -0.25) is 14.9 Å². The first-order chi connectivity index (χ1) is 11.7. The van der Waals surface area contributed by atoms with E-state index in [0.29, 0.717) is 12.0 Å². The highest BCUT2D eigenvalue weighted by atomic mass is 16.5. The van der Waals surface area contributed by atoms with Gasteiger partial charge in [-0.1, -0.05) is 6.07 Å². The van der Waals surface area contributed by atoms with Gasteiger partial charge >= 0.3 is 0 Å². The fraction of sp³-hybridized carbons (Fsp3) is 0.500. The topological polar surface area (TPSA) is 38.2 Å². The Labute approximate surface area is 143 Å². The van der Waals surface area contributed by atoms with Gasteiger partial charge in [0, 0.05) is 37.9 Å². The van der Waals surface area contributed by atoms with Crippen molar-refractivity contribution in [2.75, 3.05) is 13.1 Å². The highest BCUT2D eigenvalue weighted by Gasteiger charge is 2.44. The maximum Gasteiger partial charge on any atom is 0.140 e. The zero-order chi connectivity index (χ0) is 16.5. The van der Waals surface area contributed by atoms with E-state index < -0.39 is 0 Å². The van der Waals surface area contributed by atoms with Crippen LogP contribution in [-0.4, -0.2) is 34.1 Å². The van der Waals surface area contributed by atoms with Crippen molar-refractivity contribution in [1.29, 1.82) is 0 Å². The van der Waals surface area contributed by atoms with Crippen molar-refractivity contribution in [2.45, 2.75) is 39.3 Å². The lowest BCUT2D eigenvalue weighted by Crippen LogP contribution is -2.28. The number of ether oxygens (including phenoxy) is 1. The van der Waals surface area contributed by atoms with E-state index in [4.69, 9.17) is 4.74 Å². The van der Waals surface area contributed by atoms with Crippen LogP contribution in [0.4, 0.5) is 0 Å². The molecule has 0 bridgehead atoms. The normalized spacial score (nSPS) is 26.5. The second kappa shape index (κ2) is 6.52. The standard InChI is InChI=1S/C20H25N3O/c1-14-5-3-10-22-18(14)13-23-11-16-7-8-20(17(16)12-23)24-19-6-4-9-21-15(19)2/h3-6,9-10,16-17,20H,7-8,11-13H2,1-2H3/t16-,17+,20-/m1/s1. The number of pyridine rings is 2. The molecule has 3 heterocycles. The highest BCUT2D eigenvalue weighted by molar-refractivity contribution is 5.26. The Balaban J connectivity index is 1.42. The molecule has 0 spiro atoms. The van der Waals surface area contributed by atoms with Gasteiger partial charge in [-0.25, -0.2) is 0 Å². The molecular weight excluding hydrogens is 298 g/mol. The number of hydrogen-bond acceptors (Lipinski definition) is 4. The molecule has 0 radical (unpaired) electrons. The third-order valence-electron chi connectivity index (χ3n) is 5.59. The van der Waals surface area contributed by atoms with Crippen molar-refractivity contribution in [1.82, 2.24) is 14.9 Å². The second-order valence-electron chi connectivity index (χ2n) is 7.21. The van der Waals surface area contributed by atoms with Crippen LogP contribution < -0.4 is 4.74 Å². The molecule has 3 atom stereocenters. The van der Waals surface area contributed by atoms with E-state index in [9.17, 15) is 0 Å². The van der Waals surface area contributed by atoms with E-state index in [1.165, 1.54) is 30.6 Å². The summed E-state index contributed by atoms with van der Waals surface area (Å²) in [5.41, 5.74) is 3.48. The molecule has 2 aromatic heterocycles. The number of aryl methyl sites for hydroxylation is 2. The van der Waals surface area contributed by atoms with E-state index in [1.807, 2.05) is 37.5 Å². The number of nitrogens with zero attached hydrogens (tertiary/aromatic N) is 3. The minimum Gasteiger partial charge on any atom is -0.488 e. The number of hydrogen-bond donors (Lipinski definition) is 0. The molecule has 2 fully saturated rings. The monoisotopic (exact) mass is 323 g/mol. The van der Waals surface area contributed by atoms with Gasteiger partial charge in [0.1, 0.15) is 11.9 Å². The minimum absolute atomic E-state index is 0.327. The average molecular weight is 323 g/mol. The molecule has 1 saturated heterocycles. The molecule has 4 nitrogen and oxygen atoms in total. The summed E-state index contributed by atoms with van der Waals surface area (Å²) < 4.78 is 6.34. The van der Waals surface area contributed by atoms with E-state index in [0.717, 1.165) is 30.5 Å². The quantitative estimate of drug-likeness (QED) is 0.864. The fourth-order valence-electron chi connectivity index (χ4n) is 4.24. The third-order valence-corrected chi connectivity index (χ3v) is 5.59. The van der Waals surface area contributed by atoms with Crippen LogP contribution in [0.1, 0.15) is 29.8 Å². The molecule has 1 aliphatic heterocycles. The average Bonchev–Trinajstić information content (AvgIpc) is 3.13. The molecule has 0 unspecified atom stereocenters. The van der Waals surface area contributed by atoms with E-state index in [1.54, 1.807) is 0 Å². The lowest BCUT2D eigenvalue weighted by Gasteiger charge is -2.22. The predicted octanol–water partition coefficient (Wildman–Crippen LogP) is 3.38. The first-order valence-electron chi connectivity index (χ1n) is 8.92. The van der Waals surface area contributed by atoms with Crippen LogP contribution in [0.3, 0.4) is 0 Å². The molecular formula is C20H25N3O. The van der Waals surface area contributed by atoms with Gasteiger partial charge in [-0.05, 0) is 56.4 Å². The van der Waals surface area contributed by atoms with Crippen LogP contribution in [-0.2, 0) is 6.54 Å². The molecule has 0 aromatic carbocycles. The first kappa shape index (κ1) is 15.6. The summed E-state index contributed by atoms with van der Waals surface area (Å²) in [7, 11) is 0. The van der Waals surface area contributed by atoms with Crippen molar-refractivity contribution in [3.63, 3.8) is 0 Å². The lowest BCUT2D eigenvalue weighted by molar-refractivity contribution is 0.146. The molecule has 1 saturated carbocycles. The van der Waals surface area contributed by atoms with Crippen molar-refractivity contribution < 1.29 is 4.74 Å². The van der Waals surface area contributed by atoms with Crippen LogP contribution in [0.25, 0.3) is 0 Å². The summed E-state index contributed by atoms with van der Waals surface area (Å²) in [5.74, 6) is 2.34. The van der Waals surface area contributed by atoms with Crippen LogP contribution >= 0.6 is 0 Å². The summed E-state index contributed by atoms with van der Waals surface area (Å²) in [5, 5.41) is 0. The van der Waals surface area contributed by atoms with Gasteiger partial charge in [0.05, 0.1) is 11.4 Å². The SMILES string of the molecule is Cc1cccnc1CN1C[C@H]2CC[C@@H](Oc3cccnc3C)[C@H]2C1. The van der Waals surface area contributed by atoms with Crippen LogP contribution in [0, 0.1) is 25.7 Å². The molecule has 4 rings (SSSR count). The van der Waals surface area contributed by atoms with Gasteiger partial charge < -0.3 is 4.74 Å². The minimum atomic E-state index is 0.327. The first-order valence-corrected chi connectivity index (χ1v) is 8.92. The molecule has 2 aromatic rings. The van der Waals surface area contributed by atoms with Crippen LogP contribution in [0.2, 0.25) is 0 Å². The zero-order valence-corrected chi connectivity index (χ0v) is 14.5. The summed E-state index contributed by atoms with van der Waals surface area (Å²) in [6.07, 6.45) is 6.49. The number of aromatic nitrogens is 2. The summed E-state index contributed by atoms with van der Waals surface area (Å²) in [6, 6.07) is 8.16. The molecule has 0 N–H and O–H groups in total. The Morgan fingerprint density at radius 3 is 2.75 bits per heavy atom. The van der Waals surface area contributed by atoms with Crippen LogP contribution in [0.5, 0.6) is 5.75 Å². The predicted molar refractivity (Wildman–Crippen MR) is 93.9 cm³/mol. The maximum atomic E-state index is 6.34. The van der Waals surface area contributed by atoms with E-state index in [2.05, 4.69) is 27.9 Å². The van der Waals surface area contributed by atoms with Gasteiger partial charge in [-0.2, -0.15) is 0 Å². The third kappa shape index (κ3) is 3.03. The van der Waals surface area contributed by atoms with Gasteiger partial charge in [0.2, 0.25) is 0 Å². The fourth-order valence-corrected chi connectivity index (χ4v) is 4.24. The zero-order valence-electron chi connectivity index (χ0n) is 14.5. The highest BCUT2D eigenvalue weighted by Crippen LogP contribution is 2.40. The van der Waals surface area contributed by atoms with Gasteiger partial charge in [0.15, 0.2) is 0 Å². The smallest absolute Gasteiger partial charge is 0.140 e. The Morgan fingerprint density at radius 2 is 1.92 bits per heavy atom. The number of rotatable bonds is 4. The Bertz CT molecular complexity index is 718. The molecule has 1 aliphatic carbocycles. The van der Waals surface area contributed by atoms with Gasteiger partial charge in [-0.15, -0.1) is 0 Å². The van der Waals surface area contributed by atoms with E-state index >= 15 is 0 Å².